The highest BCUT2D eigenvalue weighted by Gasteiger charge is 2.49. The Balaban J connectivity index is 2.22. The molecule has 25 heavy (non-hydrogen) atoms. The standard InChI is InChI=1S/C19H28BrN3O2/c1-13(2)10-22(11-14(3)4)12-23-17(24)19(5,21-18(23)25)15-7-6-8-16(20)9-15/h6-9,13-14H,10-12H2,1-5H3,(H,21,25). The van der Waals surface area contributed by atoms with Gasteiger partial charge in [-0.15, -0.1) is 0 Å². The number of amides is 3. The van der Waals surface area contributed by atoms with Crippen molar-refractivity contribution in [1.82, 2.24) is 15.1 Å². The molecule has 0 radical (unpaired) electrons. The molecule has 1 saturated heterocycles. The van der Waals surface area contributed by atoms with Gasteiger partial charge >= 0.3 is 6.03 Å². The van der Waals surface area contributed by atoms with Crippen molar-refractivity contribution in [3.63, 3.8) is 0 Å². The summed E-state index contributed by atoms with van der Waals surface area (Å²) >= 11 is 3.43. The van der Waals surface area contributed by atoms with E-state index >= 15 is 0 Å². The molecule has 1 aliphatic rings. The Morgan fingerprint density at radius 2 is 1.76 bits per heavy atom. The molecule has 1 aliphatic heterocycles. The first-order valence-electron chi connectivity index (χ1n) is 8.76. The largest absolute Gasteiger partial charge is 0.326 e. The number of hydrogen-bond donors (Lipinski definition) is 1. The van der Waals surface area contributed by atoms with Gasteiger partial charge < -0.3 is 5.32 Å². The van der Waals surface area contributed by atoms with Crippen molar-refractivity contribution in [2.24, 2.45) is 11.8 Å². The van der Waals surface area contributed by atoms with Crippen molar-refractivity contribution in [2.75, 3.05) is 19.8 Å². The Morgan fingerprint density at radius 3 is 2.28 bits per heavy atom. The molecule has 0 saturated carbocycles. The summed E-state index contributed by atoms with van der Waals surface area (Å²) in [6.45, 7) is 12.4. The van der Waals surface area contributed by atoms with Gasteiger partial charge in [0.15, 0.2) is 0 Å². The maximum absolute atomic E-state index is 13.1. The monoisotopic (exact) mass is 409 g/mol. The van der Waals surface area contributed by atoms with Crippen molar-refractivity contribution < 1.29 is 9.59 Å². The first kappa shape index (κ1) is 19.9. The first-order valence-corrected chi connectivity index (χ1v) is 9.55. The number of carbonyl (C=O) groups is 2. The lowest BCUT2D eigenvalue weighted by atomic mass is 9.92. The molecule has 138 valence electrons. The van der Waals surface area contributed by atoms with E-state index in [-0.39, 0.29) is 11.9 Å². The summed E-state index contributed by atoms with van der Waals surface area (Å²) in [6, 6.07) is 7.19. The van der Waals surface area contributed by atoms with Gasteiger partial charge in [0.1, 0.15) is 5.54 Å². The molecule has 1 fully saturated rings. The smallest absolute Gasteiger partial charge is 0.319 e. The minimum atomic E-state index is -1.03. The van der Waals surface area contributed by atoms with Gasteiger partial charge in [0.25, 0.3) is 5.91 Å². The number of benzene rings is 1. The molecule has 1 unspecified atom stereocenters. The Labute approximate surface area is 158 Å². The minimum absolute atomic E-state index is 0.201. The molecule has 0 bridgehead atoms. The van der Waals surface area contributed by atoms with E-state index in [1.165, 1.54) is 4.90 Å². The van der Waals surface area contributed by atoms with E-state index in [4.69, 9.17) is 0 Å². The second-order valence-corrected chi connectivity index (χ2v) is 8.68. The second-order valence-electron chi connectivity index (χ2n) is 7.76. The van der Waals surface area contributed by atoms with Gasteiger partial charge in [-0.25, -0.2) is 9.69 Å². The number of carbonyl (C=O) groups excluding carboxylic acids is 2. The summed E-state index contributed by atoms with van der Waals surface area (Å²) in [4.78, 5) is 29.1. The van der Waals surface area contributed by atoms with E-state index in [1.54, 1.807) is 6.92 Å². The Morgan fingerprint density at radius 1 is 1.16 bits per heavy atom. The highest BCUT2D eigenvalue weighted by molar-refractivity contribution is 9.10. The molecule has 1 aromatic rings. The van der Waals surface area contributed by atoms with Crippen LogP contribution in [0.25, 0.3) is 0 Å². The fraction of sp³-hybridized carbons (Fsp3) is 0.579. The number of nitrogens with one attached hydrogen (secondary N) is 1. The fourth-order valence-electron chi connectivity index (χ4n) is 3.24. The number of hydrogen-bond acceptors (Lipinski definition) is 3. The van der Waals surface area contributed by atoms with Crippen LogP contribution >= 0.6 is 15.9 Å². The van der Waals surface area contributed by atoms with Crippen LogP contribution in [0.15, 0.2) is 28.7 Å². The van der Waals surface area contributed by atoms with E-state index < -0.39 is 5.54 Å². The highest BCUT2D eigenvalue weighted by atomic mass is 79.9. The summed E-state index contributed by atoms with van der Waals surface area (Å²) in [5, 5.41) is 2.88. The molecule has 5 nitrogen and oxygen atoms in total. The van der Waals surface area contributed by atoms with E-state index in [2.05, 4.69) is 53.8 Å². The molecule has 1 atom stereocenters. The SMILES string of the molecule is CC(C)CN(CC(C)C)CN1C(=O)NC(C)(c2cccc(Br)c2)C1=O. The predicted molar refractivity (Wildman–Crippen MR) is 103 cm³/mol. The number of rotatable bonds is 7. The molecule has 1 N–H and O–H groups in total. The summed E-state index contributed by atoms with van der Waals surface area (Å²) in [7, 11) is 0. The third kappa shape index (κ3) is 4.61. The summed E-state index contributed by atoms with van der Waals surface area (Å²) in [6.07, 6.45) is 0. The Kier molecular flexibility index (Phi) is 6.27. The highest BCUT2D eigenvalue weighted by Crippen LogP contribution is 2.30. The third-order valence-electron chi connectivity index (χ3n) is 4.27. The Bertz CT molecular complexity index is 637. The zero-order valence-corrected chi connectivity index (χ0v) is 17.3. The maximum atomic E-state index is 13.1. The lowest BCUT2D eigenvalue weighted by Gasteiger charge is -2.29. The number of nitrogens with zero attached hydrogens (tertiary/aromatic N) is 2. The quantitative estimate of drug-likeness (QED) is 0.696. The van der Waals surface area contributed by atoms with Gasteiger partial charge in [0.05, 0.1) is 6.67 Å². The number of halogens is 1. The van der Waals surface area contributed by atoms with Crippen LogP contribution in [0, 0.1) is 11.8 Å². The minimum Gasteiger partial charge on any atom is -0.319 e. The summed E-state index contributed by atoms with van der Waals surface area (Å²) < 4.78 is 0.882. The molecular weight excluding hydrogens is 382 g/mol. The lowest BCUT2D eigenvalue weighted by Crippen LogP contribution is -2.45. The zero-order valence-electron chi connectivity index (χ0n) is 15.7. The van der Waals surface area contributed by atoms with Gasteiger partial charge in [0.2, 0.25) is 0 Å². The fourth-order valence-corrected chi connectivity index (χ4v) is 3.64. The van der Waals surface area contributed by atoms with Crippen LogP contribution in [0.4, 0.5) is 4.79 Å². The third-order valence-corrected chi connectivity index (χ3v) is 4.76. The van der Waals surface area contributed by atoms with Crippen molar-refractivity contribution >= 4 is 27.9 Å². The van der Waals surface area contributed by atoms with Crippen LogP contribution in [0.3, 0.4) is 0 Å². The van der Waals surface area contributed by atoms with Crippen LogP contribution in [0.5, 0.6) is 0 Å². The molecule has 3 amide bonds. The van der Waals surface area contributed by atoms with Crippen LogP contribution < -0.4 is 5.32 Å². The molecule has 0 spiro atoms. The predicted octanol–water partition coefficient (Wildman–Crippen LogP) is 3.79. The van der Waals surface area contributed by atoms with E-state index in [1.807, 2.05) is 24.3 Å². The van der Waals surface area contributed by atoms with E-state index in [0.717, 1.165) is 23.1 Å². The van der Waals surface area contributed by atoms with Crippen LogP contribution in [-0.4, -0.2) is 41.5 Å². The van der Waals surface area contributed by atoms with Gasteiger partial charge in [0, 0.05) is 17.6 Å². The maximum Gasteiger partial charge on any atom is 0.326 e. The zero-order chi connectivity index (χ0) is 18.8. The summed E-state index contributed by atoms with van der Waals surface area (Å²) in [5.74, 6) is 0.736. The van der Waals surface area contributed by atoms with Crippen LogP contribution in [0.1, 0.15) is 40.2 Å². The topological polar surface area (TPSA) is 52.6 Å². The molecular formula is C19H28BrN3O2. The van der Waals surface area contributed by atoms with Crippen molar-refractivity contribution in [2.45, 2.75) is 40.2 Å². The average molecular weight is 410 g/mol. The number of imide groups is 1. The Hall–Kier alpha value is -1.40. The second kappa shape index (κ2) is 7.87. The molecule has 2 rings (SSSR count). The van der Waals surface area contributed by atoms with Crippen molar-refractivity contribution in [1.29, 1.82) is 0 Å². The number of urea groups is 1. The normalized spacial score (nSPS) is 20.9. The molecule has 0 aromatic heterocycles. The van der Waals surface area contributed by atoms with E-state index in [0.29, 0.717) is 18.5 Å². The lowest BCUT2D eigenvalue weighted by molar-refractivity contribution is -0.132. The summed E-state index contributed by atoms with van der Waals surface area (Å²) in [5.41, 5.74) is -0.246. The van der Waals surface area contributed by atoms with Gasteiger partial charge in [-0.1, -0.05) is 55.8 Å². The van der Waals surface area contributed by atoms with Crippen LogP contribution in [-0.2, 0) is 10.3 Å². The average Bonchev–Trinajstić information content (AvgIpc) is 2.70. The molecule has 6 heteroatoms. The van der Waals surface area contributed by atoms with Crippen LogP contribution in [0.2, 0.25) is 0 Å². The first-order chi connectivity index (χ1) is 11.6. The van der Waals surface area contributed by atoms with Gasteiger partial charge in [-0.05, 0) is 36.5 Å². The van der Waals surface area contributed by atoms with Gasteiger partial charge in [-0.3, -0.25) is 9.69 Å². The molecule has 0 aliphatic carbocycles. The van der Waals surface area contributed by atoms with E-state index in [9.17, 15) is 9.59 Å². The molecule has 1 aromatic carbocycles. The molecule has 1 heterocycles. The van der Waals surface area contributed by atoms with Gasteiger partial charge in [-0.2, -0.15) is 0 Å². The van der Waals surface area contributed by atoms with Crippen molar-refractivity contribution in [3.8, 4) is 0 Å². The van der Waals surface area contributed by atoms with Crippen molar-refractivity contribution in [3.05, 3.63) is 34.3 Å².